The van der Waals surface area contributed by atoms with Gasteiger partial charge in [-0.25, -0.2) is 8.78 Å². The quantitative estimate of drug-likeness (QED) is 0.910. The number of hydrogen-bond donors (Lipinski definition) is 1. The van der Waals surface area contributed by atoms with Crippen LogP contribution in [0.3, 0.4) is 0 Å². The zero-order chi connectivity index (χ0) is 16.6. The van der Waals surface area contributed by atoms with Crippen molar-refractivity contribution in [2.75, 3.05) is 6.54 Å². The highest BCUT2D eigenvalue weighted by atomic mass is 19.1. The van der Waals surface area contributed by atoms with E-state index in [1.165, 1.54) is 0 Å². The van der Waals surface area contributed by atoms with Gasteiger partial charge in [-0.05, 0) is 43.4 Å². The maximum Gasteiger partial charge on any atom is 0.306 e. The van der Waals surface area contributed by atoms with Crippen LogP contribution in [0.4, 0.5) is 8.78 Å². The molecule has 1 aromatic carbocycles. The first kappa shape index (κ1) is 15.9. The molecule has 0 saturated heterocycles. The van der Waals surface area contributed by atoms with Gasteiger partial charge >= 0.3 is 5.97 Å². The second kappa shape index (κ2) is 6.26. The predicted molar refractivity (Wildman–Crippen MR) is 78.6 cm³/mol. The molecular formula is C17H19F2NO3. The highest BCUT2D eigenvalue weighted by Crippen LogP contribution is 2.32. The van der Waals surface area contributed by atoms with Gasteiger partial charge in [0, 0.05) is 24.6 Å². The lowest BCUT2D eigenvalue weighted by Crippen LogP contribution is -2.42. The van der Waals surface area contributed by atoms with E-state index in [0.717, 1.165) is 12.1 Å². The summed E-state index contributed by atoms with van der Waals surface area (Å²) in [5.41, 5.74) is 0.594. The number of aliphatic carboxylic acids is 1. The van der Waals surface area contributed by atoms with E-state index in [-0.39, 0.29) is 23.9 Å². The van der Waals surface area contributed by atoms with Crippen molar-refractivity contribution < 1.29 is 23.5 Å². The summed E-state index contributed by atoms with van der Waals surface area (Å²) < 4.78 is 27.7. The largest absolute Gasteiger partial charge is 0.481 e. The van der Waals surface area contributed by atoms with Crippen molar-refractivity contribution in [1.29, 1.82) is 0 Å². The van der Waals surface area contributed by atoms with Crippen LogP contribution in [-0.2, 0) is 22.6 Å². The van der Waals surface area contributed by atoms with E-state index in [4.69, 9.17) is 5.11 Å². The third-order valence-corrected chi connectivity index (χ3v) is 4.98. The first-order valence-electron chi connectivity index (χ1n) is 7.94. The highest BCUT2D eigenvalue weighted by molar-refractivity contribution is 5.80. The van der Waals surface area contributed by atoms with Crippen molar-refractivity contribution in [3.05, 3.63) is 34.9 Å². The molecule has 6 heteroatoms. The fourth-order valence-electron chi connectivity index (χ4n) is 3.68. The van der Waals surface area contributed by atoms with Crippen LogP contribution in [-0.4, -0.2) is 28.4 Å². The molecule has 0 aromatic heterocycles. The summed E-state index contributed by atoms with van der Waals surface area (Å²) in [5.74, 6) is -2.74. The molecule has 1 saturated carbocycles. The molecule has 1 amide bonds. The molecule has 2 atom stereocenters. The van der Waals surface area contributed by atoms with Crippen LogP contribution in [0.1, 0.15) is 36.8 Å². The zero-order valence-corrected chi connectivity index (χ0v) is 12.7. The van der Waals surface area contributed by atoms with E-state index in [9.17, 15) is 18.4 Å². The van der Waals surface area contributed by atoms with Crippen LogP contribution in [0.25, 0.3) is 0 Å². The van der Waals surface area contributed by atoms with Crippen LogP contribution in [0.15, 0.2) is 12.1 Å². The number of benzene rings is 1. The highest BCUT2D eigenvalue weighted by Gasteiger charge is 2.35. The fourth-order valence-corrected chi connectivity index (χ4v) is 3.68. The number of carbonyl (C=O) groups is 2. The minimum atomic E-state index is -0.861. The Kier molecular flexibility index (Phi) is 4.33. The molecule has 0 bridgehead atoms. The normalized spacial score (nSPS) is 24.2. The molecule has 1 heterocycles. The Morgan fingerprint density at radius 3 is 2.43 bits per heavy atom. The summed E-state index contributed by atoms with van der Waals surface area (Å²) >= 11 is 0. The van der Waals surface area contributed by atoms with Gasteiger partial charge in [-0.3, -0.25) is 9.59 Å². The number of carboxylic acids is 1. The second-order valence-corrected chi connectivity index (χ2v) is 6.39. The molecule has 23 heavy (non-hydrogen) atoms. The number of rotatable bonds is 2. The van der Waals surface area contributed by atoms with Crippen molar-refractivity contribution in [2.45, 2.75) is 38.6 Å². The molecule has 1 aliphatic heterocycles. The molecule has 124 valence electrons. The Labute approximate surface area is 133 Å². The van der Waals surface area contributed by atoms with Crippen LogP contribution in [0, 0.1) is 23.5 Å². The molecule has 1 fully saturated rings. The van der Waals surface area contributed by atoms with Gasteiger partial charge < -0.3 is 10.0 Å². The lowest BCUT2D eigenvalue weighted by Gasteiger charge is -2.34. The molecule has 0 radical (unpaired) electrons. The van der Waals surface area contributed by atoms with Gasteiger partial charge in [0.1, 0.15) is 11.6 Å². The maximum absolute atomic E-state index is 13.9. The number of hydrogen-bond acceptors (Lipinski definition) is 2. The second-order valence-electron chi connectivity index (χ2n) is 6.39. The number of carboxylic acid groups (broad SMARTS) is 1. The molecule has 4 nitrogen and oxygen atoms in total. The maximum atomic E-state index is 13.9. The Morgan fingerprint density at radius 1 is 1.09 bits per heavy atom. The van der Waals surface area contributed by atoms with Gasteiger partial charge in [-0.15, -0.1) is 0 Å². The summed E-state index contributed by atoms with van der Waals surface area (Å²) in [6.45, 7) is 0.409. The lowest BCUT2D eigenvalue weighted by molar-refractivity contribution is -0.145. The van der Waals surface area contributed by atoms with Crippen molar-refractivity contribution in [3.8, 4) is 0 Å². The van der Waals surface area contributed by atoms with Crippen LogP contribution < -0.4 is 0 Å². The summed E-state index contributed by atoms with van der Waals surface area (Å²) in [7, 11) is 0. The Bertz CT molecular complexity index is 647. The van der Waals surface area contributed by atoms with Gasteiger partial charge in [-0.1, -0.05) is 6.42 Å². The minimum absolute atomic E-state index is 0.0615. The average molecular weight is 323 g/mol. The van der Waals surface area contributed by atoms with Gasteiger partial charge in [0.25, 0.3) is 0 Å². The van der Waals surface area contributed by atoms with Crippen LogP contribution >= 0.6 is 0 Å². The Hall–Kier alpha value is -1.98. The molecule has 1 aliphatic carbocycles. The first-order valence-corrected chi connectivity index (χ1v) is 7.94. The molecule has 1 N–H and O–H groups in total. The van der Waals surface area contributed by atoms with Crippen molar-refractivity contribution >= 4 is 11.9 Å². The zero-order valence-electron chi connectivity index (χ0n) is 12.7. The van der Waals surface area contributed by atoms with Crippen LogP contribution in [0.2, 0.25) is 0 Å². The molecule has 2 aliphatic rings. The van der Waals surface area contributed by atoms with E-state index in [1.807, 2.05) is 0 Å². The summed E-state index contributed by atoms with van der Waals surface area (Å²) in [5, 5.41) is 9.13. The third kappa shape index (κ3) is 3.07. The lowest BCUT2D eigenvalue weighted by atomic mass is 9.80. The van der Waals surface area contributed by atoms with E-state index in [2.05, 4.69) is 0 Å². The molecule has 0 spiro atoms. The summed E-state index contributed by atoms with van der Waals surface area (Å²) in [6.07, 6.45) is 2.60. The first-order chi connectivity index (χ1) is 11.0. The SMILES string of the molecule is O=C(O)C1CCCC(C(=O)N2CCc3c(F)ccc(F)c3C2)C1. The van der Waals surface area contributed by atoms with Gasteiger partial charge in [0.15, 0.2) is 0 Å². The molecule has 1 aromatic rings. The number of fused-ring (bicyclic) bond motifs is 1. The summed E-state index contributed by atoms with van der Waals surface area (Å²) in [6, 6.07) is 2.20. The van der Waals surface area contributed by atoms with Gasteiger partial charge in [0.2, 0.25) is 5.91 Å². The van der Waals surface area contributed by atoms with Crippen molar-refractivity contribution in [1.82, 2.24) is 4.90 Å². The number of halogens is 2. The fraction of sp³-hybridized carbons (Fsp3) is 0.529. The van der Waals surface area contributed by atoms with Gasteiger partial charge in [-0.2, -0.15) is 0 Å². The molecular weight excluding hydrogens is 304 g/mol. The van der Waals surface area contributed by atoms with E-state index >= 15 is 0 Å². The number of carbonyl (C=O) groups excluding carboxylic acids is 1. The average Bonchev–Trinajstić information content (AvgIpc) is 2.57. The van der Waals surface area contributed by atoms with E-state index in [0.29, 0.717) is 44.2 Å². The van der Waals surface area contributed by atoms with E-state index < -0.39 is 23.5 Å². The monoisotopic (exact) mass is 323 g/mol. The van der Waals surface area contributed by atoms with Gasteiger partial charge in [0.05, 0.1) is 5.92 Å². The van der Waals surface area contributed by atoms with Crippen molar-refractivity contribution in [3.63, 3.8) is 0 Å². The topological polar surface area (TPSA) is 57.6 Å². The number of amides is 1. The van der Waals surface area contributed by atoms with Crippen molar-refractivity contribution in [2.24, 2.45) is 11.8 Å². The number of nitrogens with zero attached hydrogens (tertiary/aromatic N) is 1. The van der Waals surface area contributed by atoms with Crippen LogP contribution in [0.5, 0.6) is 0 Å². The third-order valence-electron chi connectivity index (χ3n) is 4.98. The molecule has 2 unspecified atom stereocenters. The predicted octanol–water partition coefficient (Wildman–Crippen LogP) is 2.74. The molecule has 3 rings (SSSR count). The Morgan fingerprint density at radius 2 is 1.74 bits per heavy atom. The minimum Gasteiger partial charge on any atom is -0.481 e. The van der Waals surface area contributed by atoms with E-state index in [1.54, 1.807) is 4.90 Å². The Balaban J connectivity index is 1.74. The standard InChI is InChI=1S/C17H19F2NO3/c18-14-4-5-15(19)13-9-20(7-6-12(13)14)16(21)10-2-1-3-11(8-10)17(22)23/h4-5,10-11H,1-3,6-9H2,(H,22,23). The summed E-state index contributed by atoms with van der Waals surface area (Å²) in [4.78, 5) is 25.3. The smallest absolute Gasteiger partial charge is 0.306 e.